The van der Waals surface area contributed by atoms with Crippen molar-refractivity contribution in [2.75, 3.05) is 0 Å². The van der Waals surface area contributed by atoms with Crippen molar-refractivity contribution in [2.24, 2.45) is 0 Å². The van der Waals surface area contributed by atoms with Gasteiger partial charge in [0.2, 0.25) is 5.91 Å². The highest BCUT2D eigenvalue weighted by Gasteiger charge is 2.51. The average Bonchev–Trinajstić information content (AvgIpc) is 3.02. The Morgan fingerprint density at radius 3 is 2.91 bits per heavy atom. The first kappa shape index (κ1) is 15.3. The molecule has 2 heterocycles. The standard InChI is InChI=1S/C16H17N3O4/c1-10-13(8-17)19-14(23-10)7-12(15(19)20)18-16(21)22-9-11-5-3-2-4-6-11/h2-6,10,12-14H,7,9H2,1H3,(H,18,21)/t10-,12+,13-,14+/m1/s1. The Morgan fingerprint density at radius 1 is 1.48 bits per heavy atom. The SMILES string of the molecule is C[C@H]1O[C@H]2C[C@H](NC(=O)OCc3ccccc3)C(=O)N2[C@@H]1C#N. The Labute approximate surface area is 133 Å². The van der Waals surface area contributed by atoms with Crippen LogP contribution in [0.15, 0.2) is 30.3 Å². The number of carbonyl (C=O) groups is 2. The highest BCUT2D eigenvalue weighted by atomic mass is 16.5. The molecular weight excluding hydrogens is 298 g/mol. The number of nitrogens with one attached hydrogen (secondary N) is 1. The summed E-state index contributed by atoms with van der Waals surface area (Å²) in [6.45, 7) is 1.89. The van der Waals surface area contributed by atoms with Gasteiger partial charge in [-0.3, -0.25) is 9.69 Å². The van der Waals surface area contributed by atoms with Gasteiger partial charge < -0.3 is 14.8 Å². The molecular formula is C16H17N3O4. The van der Waals surface area contributed by atoms with Crippen LogP contribution >= 0.6 is 0 Å². The van der Waals surface area contributed by atoms with Crippen molar-refractivity contribution < 1.29 is 19.1 Å². The molecule has 0 radical (unpaired) electrons. The van der Waals surface area contributed by atoms with Crippen LogP contribution in [0.3, 0.4) is 0 Å². The minimum atomic E-state index is -0.716. The van der Waals surface area contributed by atoms with Crippen molar-refractivity contribution in [3.05, 3.63) is 35.9 Å². The van der Waals surface area contributed by atoms with Gasteiger partial charge in [-0.2, -0.15) is 5.26 Å². The molecule has 2 aliphatic rings. The number of rotatable bonds is 3. The summed E-state index contributed by atoms with van der Waals surface area (Å²) in [5.41, 5.74) is 0.864. The molecule has 0 spiro atoms. The van der Waals surface area contributed by atoms with Crippen molar-refractivity contribution in [3.63, 3.8) is 0 Å². The molecule has 2 fully saturated rings. The van der Waals surface area contributed by atoms with E-state index in [1.807, 2.05) is 30.3 Å². The third kappa shape index (κ3) is 2.98. The molecule has 2 aliphatic heterocycles. The Kier molecular flexibility index (Phi) is 4.17. The first-order valence-corrected chi connectivity index (χ1v) is 7.44. The summed E-state index contributed by atoms with van der Waals surface area (Å²) in [7, 11) is 0. The number of carbonyl (C=O) groups excluding carboxylic acids is 2. The van der Waals surface area contributed by atoms with Crippen LogP contribution in [0.2, 0.25) is 0 Å². The average molecular weight is 315 g/mol. The maximum Gasteiger partial charge on any atom is 0.408 e. The van der Waals surface area contributed by atoms with Gasteiger partial charge in [0.1, 0.15) is 24.9 Å². The molecule has 0 bridgehead atoms. The lowest BCUT2D eigenvalue weighted by Crippen LogP contribution is -2.45. The number of fused-ring (bicyclic) bond motifs is 1. The lowest BCUT2D eigenvalue weighted by atomic mass is 10.2. The van der Waals surface area contributed by atoms with Crippen molar-refractivity contribution in [1.29, 1.82) is 5.26 Å². The third-order valence-electron chi connectivity index (χ3n) is 4.05. The van der Waals surface area contributed by atoms with Crippen LogP contribution in [-0.4, -0.2) is 41.3 Å². The number of nitriles is 1. The molecule has 1 N–H and O–H groups in total. The molecule has 0 aliphatic carbocycles. The van der Waals surface area contributed by atoms with Gasteiger partial charge in [0.25, 0.3) is 0 Å². The van der Waals surface area contributed by atoms with Crippen LogP contribution in [0.4, 0.5) is 4.79 Å². The van der Waals surface area contributed by atoms with Crippen LogP contribution in [0, 0.1) is 11.3 Å². The first-order valence-electron chi connectivity index (χ1n) is 7.44. The topological polar surface area (TPSA) is 91.7 Å². The quantitative estimate of drug-likeness (QED) is 0.903. The van der Waals surface area contributed by atoms with E-state index >= 15 is 0 Å². The van der Waals surface area contributed by atoms with Gasteiger partial charge in [0.15, 0.2) is 0 Å². The zero-order valence-corrected chi connectivity index (χ0v) is 12.6. The van der Waals surface area contributed by atoms with Crippen LogP contribution < -0.4 is 5.32 Å². The highest BCUT2D eigenvalue weighted by molar-refractivity contribution is 5.88. The zero-order chi connectivity index (χ0) is 16.4. The van der Waals surface area contributed by atoms with Gasteiger partial charge in [-0.15, -0.1) is 0 Å². The highest BCUT2D eigenvalue weighted by Crippen LogP contribution is 2.32. The summed E-state index contributed by atoms with van der Waals surface area (Å²) in [6.07, 6.45) is -1.11. The second-order valence-electron chi connectivity index (χ2n) is 5.61. The van der Waals surface area contributed by atoms with E-state index in [9.17, 15) is 9.59 Å². The van der Waals surface area contributed by atoms with Gasteiger partial charge in [-0.25, -0.2) is 4.79 Å². The van der Waals surface area contributed by atoms with Crippen LogP contribution in [0.5, 0.6) is 0 Å². The Hall–Kier alpha value is -2.59. The number of ether oxygens (including phenoxy) is 2. The van der Waals surface area contributed by atoms with E-state index in [0.717, 1.165) is 5.56 Å². The monoisotopic (exact) mass is 315 g/mol. The van der Waals surface area contributed by atoms with Gasteiger partial charge in [-0.1, -0.05) is 30.3 Å². The summed E-state index contributed by atoms with van der Waals surface area (Å²) in [4.78, 5) is 25.6. The minimum Gasteiger partial charge on any atom is -0.445 e. The Balaban J connectivity index is 1.54. The van der Waals surface area contributed by atoms with Gasteiger partial charge >= 0.3 is 6.09 Å². The molecule has 3 rings (SSSR count). The van der Waals surface area contributed by atoms with E-state index in [1.54, 1.807) is 6.92 Å². The maximum atomic E-state index is 12.3. The number of benzene rings is 1. The summed E-state index contributed by atoms with van der Waals surface area (Å²) >= 11 is 0. The molecule has 2 saturated heterocycles. The molecule has 120 valence electrons. The lowest BCUT2D eigenvalue weighted by molar-refractivity contribution is -0.131. The fourth-order valence-corrected chi connectivity index (χ4v) is 2.92. The molecule has 7 heteroatoms. The maximum absolute atomic E-state index is 12.3. The molecule has 2 amide bonds. The first-order chi connectivity index (χ1) is 11.1. The largest absolute Gasteiger partial charge is 0.445 e. The molecule has 4 atom stereocenters. The number of amides is 2. The van der Waals surface area contributed by atoms with Crippen LogP contribution in [0.25, 0.3) is 0 Å². The van der Waals surface area contributed by atoms with E-state index in [0.29, 0.717) is 6.42 Å². The molecule has 7 nitrogen and oxygen atoms in total. The second kappa shape index (κ2) is 6.26. The van der Waals surface area contributed by atoms with Crippen molar-refractivity contribution >= 4 is 12.0 Å². The van der Waals surface area contributed by atoms with Gasteiger partial charge in [0, 0.05) is 6.42 Å². The fraction of sp³-hybridized carbons (Fsp3) is 0.438. The molecule has 1 aromatic rings. The van der Waals surface area contributed by atoms with E-state index < -0.39 is 24.4 Å². The van der Waals surface area contributed by atoms with Crippen molar-refractivity contribution in [2.45, 2.75) is 44.4 Å². The van der Waals surface area contributed by atoms with E-state index in [1.165, 1.54) is 4.90 Å². The summed E-state index contributed by atoms with van der Waals surface area (Å²) in [5, 5.41) is 11.7. The third-order valence-corrected chi connectivity index (χ3v) is 4.05. The summed E-state index contributed by atoms with van der Waals surface area (Å²) < 4.78 is 10.7. The molecule has 0 aromatic heterocycles. The number of alkyl carbamates (subject to hydrolysis) is 1. The number of hydrogen-bond donors (Lipinski definition) is 1. The number of nitrogens with zero attached hydrogens (tertiary/aromatic N) is 2. The van der Waals surface area contributed by atoms with E-state index in [4.69, 9.17) is 14.7 Å². The van der Waals surface area contributed by atoms with E-state index in [-0.39, 0.29) is 18.6 Å². The van der Waals surface area contributed by atoms with Gasteiger partial charge in [-0.05, 0) is 12.5 Å². The lowest BCUT2D eigenvalue weighted by Gasteiger charge is -2.18. The van der Waals surface area contributed by atoms with Crippen LogP contribution in [0.1, 0.15) is 18.9 Å². The van der Waals surface area contributed by atoms with Crippen LogP contribution in [-0.2, 0) is 20.9 Å². The normalized spacial score (nSPS) is 29.0. The molecule has 0 saturated carbocycles. The number of hydrogen-bond acceptors (Lipinski definition) is 5. The Bertz CT molecular complexity index is 642. The molecule has 1 aromatic carbocycles. The minimum absolute atomic E-state index is 0.134. The second-order valence-corrected chi connectivity index (χ2v) is 5.61. The van der Waals surface area contributed by atoms with Gasteiger partial charge in [0.05, 0.1) is 12.2 Å². The smallest absolute Gasteiger partial charge is 0.408 e. The fourth-order valence-electron chi connectivity index (χ4n) is 2.92. The zero-order valence-electron chi connectivity index (χ0n) is 12.6. The van der Waals surface area contributed by atoms with Crippen molar-refractivity contribution in [1.82, 2.24) is 10.2 Å². The molecule has 23 heavy (non-hydrogen) atoms. The van der Waals surface area contributed by atoms with E-state index in [2.05, 4.69) is 11.4 Å². The predicted octanol–water partition coefficient (Wildman–Crippen LogP) is 1.15. The Morgan fingerprint density at radius 2 is 2.22 bits per heavy atom. The summed E-state index contributed by atoms with van der Waals surface area (Å²) in [6, 6.07) is 10.0. The molecule has 0 unspecified atom stereocenters. The van der Waals surface area contributed by atoms with Crippen molar-refractivity contribution in [3.8, 4) is 6.07 Å². The predicted molar refractivity (Wildman–Crippen MR) is 78.7 cm³/mol. The summed E-state index contributed by atoms with van der Waals surface area (Å²) in [5.74, 6) is -0.303.